The zero-order chi connectivity index (χ0) is 14.7. The second kappa shape index (κ2) is 5.43. The summed E-state index contributed by atoms with van der Waals surface area (Å²) in [5.41, 5.74) is 9.06. The zero-order valence-corrected chi connectivity index (χ0v) is 11.6. The van der Waals surface area contributed by atoms with E-state index in [9.17, 15) is 5.11 Å². The van der Waals surface area contributed by atoms with Crippen LogP contribution in [0.3, 0.4) is 0 Å². The van der Waals surface area contributed by atoms with Crippen molar-refractivity contribution >= 4 is 0 Å². The molecule has 0 saturated carbocycles. The van der Waals surface area contributed by atoms with E-state index in [1.807, 2.05) is 72.8 Å². The highest BCUT2D eigenvalue weighted by atomic mass is 16.3. The number of hydrogen-bond donors (Lipinski definition) is 2. The largest absolute Gasteiger partial charge is 0.508 e. The summed E-state index contributed by atoms with van der Waals surface area (Å²) in [4.78, 5) is 0. The Labute approximate surface area is 124 Å². The molecule has 3 aromatic rings. The van der Waals surface area contributed by atoms with Gasteiger partial charge >= 0.3 is 0 Å². The first-order chi connectivity index (χ1) is 10.2. The fraction of sp³-hybridized carbons (Fsp3) is 0.0526. The normalized spacial score (nSPS) is 11.3. The van der Waals surface area contributed by atoms with Gasteiger partial charge < -0.3 is 10.8 Å². The van der Waals surface area contributed by atoms with Gasteiger partial charge in [-0.25, -0.2) is 0 Å². The number of phenolic OH excluding ortho intramolecular Hbond substituents is 1. The van der Waals surface area contributed by atoms with Gasteiger partial charge in [0.1, 0.15) is 5.75 Å². The van der Waals surface area contributed by atoms with E-state index in [4.69, 9.17) is 5.73 Å². The van der Waals surface area contributed by atoms with E-state index in [0.717, 1.165) is 16.7 Å². The Balaban J connectivity index is 2.23. The van der Waals surface area contributed by atoms with Crippen molar-refractivity contribution in [2.24, 2.45) is 5.73 Å². The van der Waals surface area contributed by atoms with Crippen molar-refractivity contribution in [3.8, 4) is 5.75 Å². The minimum atomic E-state index is -0.740. The Morgan fingerprint density at radius 3 is 1.38 bits per heavy atom. The molecule has 0 aromatic heterocycles. The number of aromatic hydroxyl groups is 1. The first-order valence-electron chi connectivity index (χ1n) is 6.91. The lowest BCUT2D eigenvalue weighted by Gasteiger charge is -2.31. The molecule has 0 saturated heterocycles. The lowest BCUT2D eigenvalue weighted by atomic mass is 9.78. The molecule has 3 aromatic carbocycles. The van der Waals surface area contributed by atoms with Crippen LogP contribution in [0.15, 0.2) is 84.9 Å². The molecule has 0 atom stereocenters. The number of benzene rings is 3. The SMILES string of the molecule is NC(c1ccccc1)(c1ccccc1)c1ccc(O)cc1. The Bertz CT molecular complexity index is 666. The maximum atomic E-state index is 9.52. The third-order valence-electron chi connectivity index (χ3n) is 3.78. The average molecular weight is 275 g/mol. The molecule has 0 fully saturated rings. The molecule has 0 bridgehead atoms. The van der Waals surface area contributed by atoms with Crippen molar-refractivity contribution in [3.05, 3.63) is 102 Å². The van der Waals surface area contributed by atoms with Gasteiger partial charge in [0.15, 0.2) is 0 Å². The van der Waals surface area contributed by atoms with E-state index in [0.29, 0.717) is 0 Å². The van der Waals surface area contributed by atoms with Crippen molar-refractivity contribution in [2.75, 3.05) is 0 Å². The van der Waals surface area contributed by atoms with E-state index in [1.165, 1.54) is 0 Å². The van der Waals surface area contributed by atoms with Gasteiger partial charge in [-0.15, -0.1) is 0 Å². The smallest absolute Gasteiger partial charge is 0.115 e. The first kappa shape index (κ1) is 13.4. The standard InChI is InChI=1S/C19H17NO/c20-19(15-7-3-1-4-8-15,16-9-5-2-6-10-16)17-11-13-18(21)14-12-17/h1-14,21H,20H2. The molecule has 0 heterocycles. The van der Waals surface area contributed by atoms with Crippen LogP contribution in [-0.4, -0.2) is 5.11 Å². The molecule has 0 amide bonds. The molecule has 3 rings (SSSR count). The highest BCUT2D eigenvalue weighted by Crippen LogP contribution is 2.34. The summed E-state index contributed by atoms with van der Waals surface area (Å²) >= 11 is 0. The molecule has 0 spiro atoms. The van der Waals surface area contributed by atoms with Gasteiger partial charge in [-0.1, -0.05) is 72.8 Å². The maximum absolute atomic E-state index is 9.52. The average Bonchev–Trinajstić information content (AvgIpc) is 2.56. The summed E-state index contributed by atoms with van der Waals surface area (Å²) in [6.45, 7) is 0. The van der Waals surface area contributed by atoms with Crippen LogP contribution in [0.5, 0.6) is 5.75 Å². The third-order valence-corrected chi connectivity index (χ3v) is 3.78. The predicted octanol–water partition coefficient (Wildman–Crippen LogP) is 3.64. The van der Waals surface area contributed by atoms with Crippen molar-refractivity contribution in [1.29, 1.82) is 0 Å². The van der Waals surface area contributed by atoms with E-state index < -0.39 is 5.54 Å². The summed E-state index contributed by atoms with van der Waals surface area (Å²) in [7, 11) is 0. The summed E-state index contributed by atoms with van der Waals surface area (Å²) < 4.78 is 0. The summed E-state index contributed by atoms with van der Waals surface area (Å²) in [5.74, 6) is 0.238. The maximum Gasteiger partial charge on any atom is 0.115 e. The Hall–Kier alpha value is -2.58. The van der Waals surface area contributed by atoms with Gasteiger partial charge in [0.2, 0.25) is 0 Å². The van der Waals surface area contributed by atoms with Gasteiger partial charge in [-0.2, -0.15) is 0 Å². The fourth-order valence-corrected chi connectivity index (χ4v) is 2.63. The molecule has 0 aliphatic heterocycles. The van der Waals surface area contributed by atoms with Gasteiger partial charge in [0.05, 0.1) is 5.54 Å². The van der Waals surface area contributed by atoms with E-state index in [1.54, 1.807) is 12.1 Å². The highest BCUT2D eigenvalue weighted by Gasteiger charge is 2.31. The van der Waals surface area contributed by atoms with Crippen LogP contribution in [0.2, 0.25) is 0 Å². The highest BCUT2D eigenvalue weighted by molar-refractivity contribution is 5.49. The molecule has 2 nitrogen and oxygen atoms in total. The van der Waals surface area contributed by atoms with E-state index in [-0.39, 0.29) is 5.75 Å². The molecule has 0 unspecified atom stereocenters. The molecule has 2 heteroatoms. The van der Waals surface area contributed by atoms with Gasteiger partial charge in [-0.05, 0) is 28.8 Å². The van der Waals surface area contributed by atoms with Crippen LogP contribution in [0.4, 0.5) is 0 Å². The van der Waals surface area contributed by atoms with Crippen LogP contribution < -0.4 is 5.73 Å². The first-order valence-corrected chi connectivity index (χ1v) is 6.91. The third kappa shape index (κ3) is 2.41. The molecule has 0 aliphatic carbocycles. The molecular weight excluding hydrogens is 258 g/mol. The van der Waals surface area contributed by atoms with Crippen LogP contribution in [0.1, 0.15) is 16.7 Å². The van der Waals surface area contributed by atoms with Crippen LogP contribution in [0.25, 0.3) is 0 Å². The predicted molar refractivity (Wildman–Crippen MR) is 85.1 cm³/mol. The quantitative estimate of drug-likeness (QED) is 0.717. The number of nitrogens with two attached hydrogens (primary N) is 1. The molecule has 0 aliphatic rings. The Kier molecular flexibility index (Phi) is 3.46. The Morgan fingerprint density at radius 2 is 0.952 bits per heavy atom. The molecule has 104 valence electrons. The zero-order valence-electron chi connectivity index (χ0n) is 11.6. The van der Waals surface area contributed by atoms with Crippen LogP contribution in [0, 0.1) is 0 Å². The lowest BCUT2D eigenvalue weighted by molar-refractivity contribution is 0.474. The second-order valence-corrected chi connectivity index (χ2v) is 5.09. The van der Waals surface area contributed by atoms with E-state index in [2.05, 4.69) is 0 Å². The summed E-state index contributed by atoms with van der Waals surface area (Å²) in [6, 6.07) is 27.1. The van der Waals surface area contributed by atoms with E-state index >= 15 is 0 Å². The van der Waals surface area contributed by atoms with Gasteiger partial charge in [0.25, 0.3) is 0 Å². The molecule has 3 N–H and O–H groups in total. The van der Waals surface area contributed by atoms with Crippen LogP contribution >= 0.6 is 0 Å². The summed E-state index contributed by atoms with van der Waals surface area (Å²) in [5, 5.41) is 9.52. The molecular formula is C19H17NO. The van der Waals surface area contributed by atoms with Crippen molar-refractivity contribution in [3.63, 3.8) is 0 Å². The van der Waals surface area contributed by atoms with Gasteiger partial charge in [0, 0.05) is 0 Å². The molecule has 0 radical (unpaired) electrons. The summed E-state index contributed by atoms with van der Waals surface area (Å²) in [6.07, 6.45) is 0. The monoisotopic (exact) mass is 275 g/mol. The lowest BCUT2D eigenvalue weighted by Crippen LogP contribution is -2.39. The topological polar surface area (TPSA) is 46.2 Å². The van der Waals surface area contributed by atoms with Crippen molar-refractivity contribution < 1.29 is 5.11 Å². The minimum absolute atomic E-state index is 0.238. The second-order valence-electron chi connectivity index (χ2n) is 5.09. The van der Waals surface area contributed by atoms with Gasteiger partial charge in [-0.3, -0.25) is 0 Å². The fourth-order valence-electron chi connectivity index (χ4n) is 2.63. The van der Waals surface area contributed by atoms with Crippen LogP contribution in [-0.2, 0) is 5.54 Å². The number of hydrogen-bond acceptors (Lipinski definition) is 2. The van der Waals surface area contributed by atoms with Crippen molar-refractivity contribution in [2.45, 2.75) is 5.54 Å². The minimum Gasteiger partial charge on any atom is -0.508 e. The number of phenols is 1. The molecule has 21 heavy (non-hydrogen) atoms. The Morgan fingerprint density at radius 1 is 0.571 bits per heavy atom. The van der Waals surface area contributed by atoms with Crippen molar-refractivity contribution in [1.82, 2.24) is 0 Å². The number of rotatable bonds is 3.